The number of carbonyl (C=O) groups is 3. The second kappa shape index (κ2) is 7.59. The molecule has 1 aliphatic heterocycles. The second-order valence-electron chi connectivity index (χ2n) is 5.42. The van der Waals surface area contributed by atoms with Crippen LogP contribution in [0.1, 0.15) is 25.3 Å². The van der Waals surface area contributed by atoms with Crippen LogP contribution in [-0.4, -0.2) is 41.8 Å². The number of ether oxygens (including phenoxy) is 1. The predicted molar refractivity (Wildman–Crippen MR) is 87.9 cm³/mol. The average molecular weight is 383 g/mol. The summed E-state index contributed by atoms with van der Waals surface area (Å²) in [5, 5.41) is 2.68. The number of likely N-dealkylation sites (tertiary alicyclic amines) is 1. The molecule has 1 aromatic carbocycles. The molecule has 23 heavy (non-hydrogen) atoms. The summed E-state index contributed by atoms with van der Waals surface area (Å²) in [5.74, 6) is -0.0750. The fourth-order valence-corrected chi connectivity index (χ4v) is 2.84. The highest BCUT2D eigenvalue weighted by atomic mass is 79.9. The Morgan fingerprint density at radius 3 is 2.61 bits per heavy atom. The second-order valence-corrected chi connectivity index (χ2v) is 6.28. The summed E-state index contributed by atoms with van der Waals surface area (Å²) in [6.07, 6.45) is -0.166. The van der Waals surface area contributed by atoms with E-state index in [-0.39, 0.29) is 43.7 Å². The van der Waals surface area contributed by atoms with E-state index in [0.29, 0.717) is 5.75 Å². The van der Waals surface area contributed by atoms with Crippen molar-refractivity contribution in [3.05, 3.63) is 28.2 Å². The minimum atomic E-state index is -0.681. The van der Waals surface area contributed by atoms with Gasteiger partial charge < -0.3 is 10.1 Å². The van der Waals surface area contributed by atoms with Crippen molar-refractivity contribution in [2.75, 3.05) is 13.1 Å². The highest BCUT2D eigenvalue weighted by molar-refractivity contribution is 9.10. The summed E-state index contributed by atoms with van der Waals surface area (Å²) in [4.78, 5) is 36.1. The number of imide groups is 1. The van der Waals surface area contributed by atoms with Gasteiger partial charge in [0.25, 0.3) is 5.91 Å². The van der Waals surface area contributed by atoms with Crippen LogP contribution in [0, 0.1) is 6.92 Å². The van der Waals surface area contributed by atoms with E-state index in [2.05, 4.69) is 21.2 Å². The molecule has 0 aliphatic carbocycles. The van der Waals surface area contributed by atoms with Crippen LogP contribution in [0.2, 0.25) is 0 Å². The molecule has 124 valence electrons. The summed E-state index contributed by atoms with van der Waals surface area (Å²) in [5.41, 5.74) is 1.08. The van der Waals surface area contributed by atoms with Crippen LogP contribution in [0.15, 0.2) is 22.7 Å². The molecule has 0 saturated carbocycles. The fourth-order valence-electron chi connectivity index (χ4n) is 2.25. The molecular weight excluding hydrogens is 364 g/mol. The van der Waals surface area contributed by atoms with E-state index in [0.717, 1.165) is 10.0 Å². The van der Waals surface area contributed by atoms with Gasteiger partial charge in [0.2, 0.25) is 11.8 Å². The lowest BCUT2D eigenvalue weighted by molar-refractivity contribution is -0.139. The zero-order valence-corrected chi connectivity index (χ0v) is 14.7. The number of nitrogens with zero attached hydrogens (tertiary/aromatic N) is 1. The molecule has 0 spiro atoms. The van der Waals surface area contributed by atoms with Crippen molar-refractivity contribution in [1.82, 2.24) is 10.2 Å². The third-order valence-corrected chi connectivity index (χ3v) is 4.17. The first-order valence-electron chi connectivity index (χ1n) is 7.42. The molecule has 1 heterocycles. The number of aryl methyl sites for hydroxylation is 1. The van der Waals surface area contributed by atoms with Crippen LogP contribution < -0.4 is 10.1 Å². The molecule has 1 fully saturated rings. The third kappa shape index (κ3) is 4.54. The maximum atomic E-state index is 12.0. The van der Waals surface area contributed by atoms with E-state index in [1.54, 1.807) is 13.0 Å². The Hall–Kier alpha value is -1.89. The van der Waals surface area contributed by atoms with Crippen molar-refractivity contribution in [3.63, 3.8) is 0 Å². The van der Waals surface area contributed by atoms with Gasteiger partial charge in [-0.3, -0.25) is 19.3 Å². The minimum absolute atomic E-state index is 0.183. The van der Waals surface area contributed by atoms with Crippen LogP contribution in [0.25, 0.3) is 0 Å². The van der Waals surface area contributed by atoms with Crippen molar-refractivity contribution in [2.24, 2.45) is 0 Å². The number of hydrogen-bond donors (Lipinski definition) is 1. The Labute approximate surface area is 143 Å². The quantitative estimate of drug-likeness (QED) is 0.760. The fraction of sp³-hybridized carbons (Fsp3) is 0.438. The number of halogens is 1. The van der Waals surface area contributed by atoms with Gasteiger partial charge in [-0.2, -0.15) is 0 Å². The Morgan fingerprint density at radius 1 is 1.35 bits per heavy atom. The lowest BCUT2D eigenvalue weighted by Crippen LogP contribution is -2.42. The molecule has 0 radical (unpaired) electrons. The predicted octanol–water partition coefficient (Wildman–Crippen LogP) is 1.79. The molecule has 0 bridgehead atoms. The van der Waals surface area contributed by atoms with Gasteiger partial charge in [0.05, 0.1) is 4.47 Å². The van der Waals surface area contributed by atoms with Crippen LogP contribution >= 0.6 is 15.9 Å². The molecule has 1 aliphatic rings. The van der Waals surface area contributed by atoms with Crippen molar-refractivity contribution < 1.29 is 19.1 Å². The van der Waals surface area contributed by atoms with Gasteiger partial charge in [-0.05, 0) is 47.5 Å². The van der Waals surface area contributed by atoms with Gasteiger partial charge >= 0.3 is 0 Å². The van der Waals surface area contributed by atoms with Gasteiger partial charge in [-0.1, -0.05) is 6.07 Å². The number of carbonyl (C=O) groups excluding carboxylic acids is 3. The number of benzene rings is 1. The van der Waals surface area contributed by atoms with Crippen molar-refractivity contribution in [2.45, 2.75) is 32.8 Å². The number of rotatable bonds is 6. The summed E-state index contributed by atoms with van der Waals surface area (Å²) in [6.45, 7) is 4.03. The Morgan fingerprint density at radius 2 is 2.00 bits per heavy atom. The largest absolute Gasteiger partial charge is 0.480 e. The molecule has 1 saturated heterocycles. The maximum absolute atomic E-state index is 12.0. The topological polar surface area (TPSA) is 75.7 Å². The van der Waals surface area contributed by atoms with Crippen LogP contribution in [0.5, 0.6) is 5.75 Å². The van der Waals surface area contributed by atoms with Crippen molar-refractivity contribution in [1.29, 1.82) is 0 Å². The zero-order valence-electron chi connectivity index (χ0n) is 13.1. The van der Waals surface area contributed by atoms with E-state index >= 15 is 0 Å². The minimum Gasteiger partial charge on any atom is -0.480 e. The lowest BCUT2D eigenvalue weighted by atomic mass is 10.2. The van der Waals surface area contributed by atoms with E-state index in [1.165, 1.54) is 4.90 Å². The standard InChI is InChI=1S/C16H19BrN2O4/c1-10-3-4-13(12(17)9-10)23-11(2)16(22)18-7-8-19-14(20)5-6-15(19)21/h3-4,9,11H,5-8H2,1-2H3,(H,18,22). The molecule has 0 aromatic heterocycles. The van der Waals surface area contributed by atoms with Gasteiger partial charge in [-0.25, -0.2) is 0 Å². The monoisotopic (exact) mass is 382 g/mol. The molecule has 2 rings (SSSR count). The Balaban J connectivity index is 1.81. The highest BCUT2D eigenvalue weighted by Gasteiger charge is 2.28. The van der Waals surface area contributed by atoms with Gasteiger partial charge in [-0.15, -0.1) is 0 Å². The number of hydrogen-bond acceptors (Lipinski definition) is 4. The summed E-state index contributed by atoms with van der Waals surface area (Å²) < 4.78 is 6.40. The summed E-state index contributed by atoms with van der Waals surface area (Å²) in [7, 11) is 0. The Bertz CT molecular complexity index is 617. The SMILES string of the molecule is Cc1ccc(OC(C)C(=O)NCCN2C(=O)CCC2=O)c(Br)c1. The molecular formula is C16H19BrN2O4. The smallest absolute Gasteiger partial charge is 0.260 e. The lowest BCUT2D eigenvalue weighted by Gasteiger charge is -2.18. The van der Waals surface area contributed by atoms with Crippen molar-refractivity contribution in [3.8, 4) is 5.75 Å². The van der Waals surface area contributed by atoms with Crippen LogP contribution in [0.3, 0.4) is 0 Å². The van der Waals surface area contributed by atoms with E-state index in [4.69, 9.17) is 4.74 Å². The molecule has 6 nitrogen and oxygen atoms in total. The van der Waals surface area contributed by atoms with Gasteiger partial charge in [0, 0.05) is 25.9 Å². The number of nitrogens with one attached hydrogen (secondary N) is 1. The maximum Gasteiger partial charge on any atom is 0.260 e. The first kappa shape index (κ1) is 17.5. The van der Waals surface area contributed by atoms with Crippen molar-refractivity contribution >= 4 is 33.7 Å². The first-order chi connectivity index (χ1) is 10.9. The highest BCUT2D eigenvalue weighted by Crippen LogP contribution is 2.26. The third-order valence-electron chi connectivity index (χ3n) is 3.55. The molecule has 7 heteroatoms. The zero-order chi connectivity index (χ0) is 17.0. The molecule has 3 amide bonds. The van der Waals surface area contributed by atoms with Crippen LogP contribution in [-0.2, 0) is 14.4 Å². The molecule has 1 aromatic rings. The summed E-state index contributed by atoms with van der Waals surface area (Å²) in [6, 6.07) is 5.60. The molecule has 1 atom stereocenters. The molecule has 1 N–H and O–H groups in total. The van der Waals surface area contributed by atoms with Gasteiger partial charge in [0.15, 0.2) is 6.10 Å². The average Bonchev–Trinajstić information content (AvgIpc) is 2.81. The summed E-state index contributed by atoms with van der Waals surface area (Å²) >= 11 is 3.40. The van der Waals surface area contributed by atoms with E-state index in [1.807, 2.05) is 19.1 Å². The van der Waals surface area contributed by atoms with E-state index in [9.17, 15) is 14.4 Å². The van der Waals surface area contributed by atoms with E-state index < -0.39 is 6.10 Å². The number of amides is 3. The molecule has 1 unspecified atom stereocenters. The van der Waals surface area contributed by atoms with Crippen LogP contribution in [0.4, 0.5) is 0 Å². The normalized spacial score (nSPS) is 15.7. The Kier molecular flexibility index (Phi) is 5.76. The van der Waals surface area contributed by atoms with Gasteiger partial charge in [0.1, 0.15) is 5.75 Å². The first-order valence-corrected chi connectivity index (χ1v) is 8.21.